The van der Waals surface area contributed by atoms with Gasteiger partial charge in [0.25, 0.3) is 5.91 Å². The van der Waals surface area contributed by atoms with E-state index < -0.39 is 0 Å². The number of thiocarbonyl (C=S) groups is 1. The van der Waals surface area contributed by atoms with Crippen molar-refractivity contribution in [2.45, 2.75) is 79.1 Å². The maximum atomic E-state index is 15.2. The molecule has 2 atom stereocenters. The van der Waals surface area contributed by atoms with Gasteiger partial charge in [0, 0.05) is 29.4 Å². The highest BCUT2D eigenvalue weighted by atomic mass is 32.1. The van der Waals surface area contributed by atoms with Crippen LogP contribution >= 0.6 is 34.9 Å². The number of unbranched alkanes of at least 4 members (excludes halogenated alkanes) is 2. The third kappa shape index (κ3) is 6.82. The molecular formula is C46H48N2O3S3. The minimum Gasteiger partial charge on any atom is -0.455 e. The molecular weight excluding hydrogens is 725 g/mol. The van der Waals surface area contributed by atoms with Gasteiger partial charge in [0.1, 0.15) is 27.7 Å². The molecule has 0 aliphatic carbocycles. The Bertz CT molecular complexity index is 2150. The number of thiophene rings is 2. The molecule has 0 saturated carbocycles. The van der Waals surface area contributed by atoms with E-state index >= 15 is 4.79 Å². The van der Waals surface area contributed by atoms with Gasteiger partial charge in [0.15, 0.2) is 0 Å². The fourth-order valence-corrected chi connectivity index (χ4v) is 10.4. The maximum absolute atomic E-state index is 15.2. The second-order valence-electron chi connectivity index (χ2n) is 14.7. The van der Waals surface area contributed by atoms with Crippen molar-refractivity contribution in [2.75, 3.05) is 13.1 Å². The summed E-state index contributed by atoms with van der Waals surface area (Å²) in [7, 11) is 0. The van der Waals surface area contributed by atoms with Crippen LogP contribution in [0.25, 0.3) is 54.6 Å². The smallest absolute Gasteiger partial charge is 0.261 e. The molecule has 2 aromatic carbocycles. The van der Waals surface area contributed by atoms with Crippen LogP contribution in [0.3, 0.4) is 0 Å². The van der Waals surface area contributed by atoms with E-state index in [1.54, 1.807) is 22.7 Å². The largest absolute Gasteiger partial charge is 0.455 e. The molecule has 0 N–H and O–H groups in total. The topological polar surface area (TPSA) is 49.8 Å². The van der Waals surface area contributed by atoms with Crippen molar-refractivity contribution < 1.29 is 13.6 Å². The highest BCUT2D eigenvalue weighted by molar-refractivity contribution is 7.80. The molecule has 0 bridgehead atoms. The predicted molar refractivity (Wildman–Crippen MR) is 231 cm³/mol. The first-order chi connectivity index (χ1) is 26.4. The summed E-state index contributed by atoms with van der Waals surface area (Å²) in [4.78, 5) is 24.5. The van der Waals surface area contributed by atoms with Crippen molar-refractivity contribution in [3.8, 4) is 21.3 Å². The lowest BCUT2D eigenvalue weighted by molar-refractivity contribution is -0.123. The molecule has 2 aliphatic rings. The molecule has 278 valence electrons. The van der Waals surface area contributed by atoms with Crippen molar-refractivity contribution in [3.05, 3.63) is 106 Å². The number of hydrogen-bond acceptors (Lipinski definition) is 6. The minimum atomic E-state index is 0.0637. The third-order valence-corrected chi connectivity index (χ3v) is 13.8. The van der Waals surface area contributed by atoms with E-state index in [-0.39, 0.29) is 5.91 Å². The van der Waals surface area contributed by atoms with E-state index in [9.17, 15) is 0 Å². The van der Waals surface area contributed by atoms with Crippen LogP contribution in [0, 0.1) is 11.8 Å². The summed E-state index contributed by atoms with van der Waals surface area (Å²) >= 11 is 9.90. The van der Waals surface area contributed by atoms with Crippen molar-refractivity contribution in [1.29, 1.82) is 0 Å². The molecule has 2 unspecified atom stereocenters. The summed E-state index contributed by atoms with van der Waals surface area (Å²) in [5.74, 6) is 2.60. The summed E-state index contributed by atoms with van der Waals surface area (Å²) in [6.07, 6.45) is 8.94. The molecule has 54 heavy (non-hydrogen) atoms. The molecule has 2 aliphatic heterocycles. The number of amides is 1. The molecule has 0 radical (unpaired) electrons. The first kappa shape index (κ1) is 36.7. The molecule has 4 aromatic heterocycles. The van der Waals surface area contributed by atoms with E-state index in [2.05, 4.69) is 86.0 Å². The second-order valence-corrected chi connectivity index (χ2v) is 17.3. The number of carbonyl (C=O) groups excluding carboxylic acids is 1. The number of rotatable bonds is 16. The molecule has 0 saturated heterocycles. The fourth-order valence-electron chi connectivity index (χ4n) is 8.01. The van der Waals surface area contributed by atoms with Gasteiger partial charge in [-0.2, -0.15) is 0 Å². The molecule has 6 heterocycles. The average molecular weight is 773 g/mol. The van der Waals surface area contributed by atoms with Crippen LogP contribution in [-0.4, -0.2) is 33.8 Å². The number of para-hydroxylation sites is 2. The van der Waals surface area contributed by atoms with Gasteiger partial charge in [-0.25, -0.2) is 0 Å². The highest BCUT2D eigenvalue weighted by Crippen LogP contribution is 2.51. The van der Waals surface area contributed by atoms with Crippen molar-refractivity contribution >= 4 is 79.1 Å². The van der Waals surface area contributed by atoms with E-state index in [4.69, 9.17) is 21.1 Å². The van der Waals surface area contributed by atoms with Crippen molar-refractivity contribution in [3.63, 3.8) is 0 Å². The van der Waals surface area contributed by atoms with Gasteiger partial charge in [-0.1, -0.05) is 115 Å². The summed E-state index contributed by atoms with van der Waals surface area (Å²) in [5.41, 5.74) is 5.33. The standard InChI is InChI=1S/C46H48N2O3S3/c1-5-9-15-29(7-3)27-47-44(40-24-22-38(54-40)36-26-32-18-12-14-20-34(32)51-36)42-41(45(47)49)43(48(46(42)52)28-30(8-4)16-10-6-2)39-23-21-37(53-39)35-25-31-17-11-13-19-33(31)50-35/h11-14,17-26,29-30H,5-10,15-16,27-28H2,1-4H3. The Labute approximate surface area is 332 Å². The van der Waals surface area contributed by atoms with Gasteiger partial charge in [0.05, 0.1) is 36.5 Å². The molecule has 0 fully saturated rings. The van der Waals surface area contributed by atoms with E-state index in [0.29, 0.717) is 18.4 Å². The molecule has 5 nitrogen and oxygen atoms in total. The molecule has 1 amide bonds. The predicted octanol–water partition coefficient (Wildman–Crippen LogP) is 13.7. The highest BCUT2D eigenvalue weighted by Gasteiger charge is 2.48. The van der Waals surface area contributed by atoms with Crippen molar-refractivity contribution in [2.24, 2.45) is 11.8 Å². The summed E-state index contributed by atoms with van der Waals surface area (Å²) in [5, 5.41) is 2.16. The number of fused-ring (bicyclic) bond motifs is 3. The monoisotopic (exact) mass is 772 g/mol. The third-order valence-electron chi connectivity index (χ3n) is 11.2. The van der Waals surface area contributed by atoms with Crippen molar-refractivity contribution in [1.82, 2.24) is 9.80 Å². The lowest BCUT2D eigenvalue weighted by atomic mass is 9.98. The van der Waals surface area contributed by atoms with Crippen LogP contribution in [0.2, 0.25) is 0 Å². The number of furan rings is 2. The van der Waals surface area contributed by atoms with Gasteiger partial charge in [0.2, 0.25) is 0 Å². The van der Waals surface area contributed by atoms with Gasteiger partial charge in [-0.3, -0.25) is 4.79 Å². The minimum absolute atomic E-state index is 0.0637. The molecule has 8 heteroatoms. The Balaban J connectivity index is 1.27. The van der Waals surface area contributed by atoms with Gasteiger partial charge < -0.3 is 18.6 Å². The van der Waals surface area contributed by atoms with Crippen LogP contribution in [0.15, 0.2) is 105 Å². The van der Waals surface area contributed by atoms with Crippen LogP contribution < -0.4 is 0 Å². The van der Waals surface area contributed by atoms with Crippen LogP contribution in [0.5, 0.6) is 0 Å². The Morgan fingerprint density at radius 1 is 0.611 bits per heavy atom. The molecule has 8 rings (SSSR count). The maximum Gasteiger partial charge on any atom is 0.261 e. The van der Waals surface area contributed by atoms with Crippen LogP contribution in [0.1, 0.15) is 88.8 Å². The second kappa shape index (κ2) is 15.9. The van der Waals surface area contributed by atoms with E-state index in [1.165, 1.54) is 6.42 Å². The lowest BCUT2D eigenvalue weighted by Crippen LogP contribution is -2.34. The first-order valence-electron chi connectivity index (χ1n) is 19.7. The van der Waals surface area contributed by atoms with Gasteiger partial charge in [-0.15, -0.1) is 22.7 Å². The Morgan fingerprint density at radius 3 is 1.56 bits per heavy atom. The van der Waals surface area contributed by atoms with Crippen LogP contribution in [-0.2, 0) is 4.79 Å². The van der Waals surface area contributed by atoms with E-state index in [1.807, 2.05) is 36.4 Å². The summed E-state index contributed by atoms with van der Waals surface area (Å²) in [6, 6.07) is 29.1. The molecule has 6 aromatic rings. The zero-order valence-electron chi connectivity index (χ0n) is 31.7. The van der Waals surface area contributed by atoms with Gasteiger partial charge in [-0.05, 0) is 73.2 Å². The fraction of sp³-hybridized carbons (Fsp3) is 0.348. The summed E-state index contributed by atoms with van der Waals surface area (Å²) in [6.45, 7) is 10.5. The first-order valence-corrected chi connectivity index (χ1v) is 21.8. The average Bonchev–Trinajstić information content (AvgIpc) is 4.05. The molecule has 0 spiro atoms. The SMILES string of the molecule is CCCCC(CC)CN1C(=O)C2=C(c3ccc(-c4cc5ccccc5o4)s3)N(CC(CC)CCCC)C(=S)C2=C1c1ccc(-c2cc3ccccc3o2)s1. The Morgan fingerprint density at radius 2 is 1.07 bits per heavy atom. The normalized spacial score (nSPS) is 15.9. The van der Waals surface area contributed by atoms with E-state index in [0.717, 1.165) is 132 Å². The summed E-state index contributed by atoms with van der Waals surface area (Å²) < 4.78 is 12.6. The number of benzene rings is 2. The lowest BCUT2D eigenvalue weighted by Gasteiger charge is -2.30. The number of carbonyl (C=O) groups is 1. The Kier molecular flexibility index (Phi) is 10.8. The number of hydrogen-bond donors (Lipinski definition) is 0. The van der Waals surface area contributed by atoms with Crippen LogP contribution in [0.4, 0.5) is 0 Å². The zero-order valence-corrected chi connectivity index (χ0v) is 34.1. The quantitative estimate of drug-likeness (QED) is 0.0917. The zero-order chi connectivity index (χ0) is 37.3. The Hall–Kier alpha value is -4.24. The number of nitrogens with zero attached hydrogens (tertiary/aromatic N) is 2. The van der Waals surface area contributed by atoms with Gasteiger partial charge >= 0.3 is 0 Å².